The van der Waals surface area contributed by atoms with Crippen LogP contribution in [0.4, 0.5) is 0 Å². The average molecular weight is 265 g/mol. The summed E-state index contributed by atoms with van der Waals surface area (Å²) in [6, 6.07) is 3.47. The summed E-state index contributed by atoms with van der Waals surface area (Å²) in [5.41, 5.74) is 2.41. The lowest BCUT2D eigenvalue weighted by Crippen LogP contribution is -1.83. The Labute approximate surface area is 107 Å². The molecule has 84 valence electrons. The zero-order chi connectivity index (χ0) is 11.8. The number of rotatable bonds is 1. The van der Waals surface area contributed by atoms with Gasteiger partial charge in [0.25, 0.3) is 0 Å². The maximum Gasteiger partial charge on any atom is 0.141 e. The highest BCUT2D eigenvalue weighted by Gasteiger charge is 2.08. The summed E-state index contributed by atoms with van der Waals surface area (Å²) < 4.78 is 0. The summed E-state index contributed by atoms with van der Waals surface area (Å²) in [7, 11) is 0. The lowest BCUT2D eigenvalue weighted by atomic mass is 10.3. The van der Waals surface area contributed by atoms with Crippen molar-refractivity contribution in [3.63, 3.8) is 0 Å². The van der Waals surface area contributed by atoms with Gasteiger partial charge >= 0.3 is 0 Å². The Hall–Kier alpha value is -1.65. The van der Waals surface area contributed by atoms with Gasteiger partial charge in [-0.3, -0.25) is 0 Å². The Bertz CT molecular complexity index is 640. The van der Waals surface area contributed by atoms with E-state index in [4.69, 9.17) is 23.2 Å². The molecule has 0 unspecified atom stereocenters. The summed E-state index contributed by atoms with van der Waals surface area (Å²) in [6.07, 6.45) is 4.85. The minimum Gasteiger partial charge on any atom is -0.338 e. The van der Waals surface area contributed by atoms with Crippen LogP contribution in [-0.2, 0) is 0 Å². The second-order valence-corrected chi connectivity index (χ2v) is 4.31. The van der Waals surface area contributed by atoms with Crippen LogP contribution in [0, 0.1) is 0 Å². The van der Waals surface area contributed by atoms with Crippen LogP contribution in [0.25, 0.3) is 22.4 Å². The molecule has 0 spiro atoms. The molecule has 3 aromatic rings. The molecule has 0 saturated carbocycles. The normalized spacial score (nSPS) is 10.9. The molecule has 0 aliphatic heterocycles. The predicted octanol–water partition coefficient (Wildman–Crippen LogP) is 3.33. The van der Waals surface area contributed by atoms with Crippen LogP contribution in [0.5, 0.6) is 0 Å². The van der Waals surface area contributed by atoms with Gasteiger partial charge in [0.1, 0.15) is 12.2 Å². The third kappa shape index (κ3) is 1.85. The zero-order valence-electron chi connectivity index (χ0n) is 8.48. The lowest BCUT2D eigenvalue weighted by molar-refractivity contribution is 1.15. The molecule has 0 radical (unpaired) electrons. The van der Waals surface area contributed by atoms with Gasteiger partial charge in [-0.2, -0.15) is 0 Å². The highest BCUT2D eigenvalue weighted by molar-refractivity contribution is 6.42. The van der Waals surface area contributed by atoms with E-state index >= 15 is 0 Å². The van der Waals surface area contributed by atoms with Gasteiger partial charge in [-0.25, -0.2) is 15.0 Å². The number of aromatic amines is 1. The smallest absolute Gasteiger partial charge is 0.141 e. The molecular formula is C11H6Cl2N4. The molecule has 0 aliphatic rings. The number of nitrogens with one attached hydrogen (secondary N) is 1. The number of imidazole rings is 1. The summed E-state index contributed by atoms with van der Waals surface area (Å²) in [4.78, 5) is 15.4. The van der Waals surface area contributed by atoms with Gasteiger partial charge in [0.2, 0.25) is 0 Å². The maximum atomic E-state index is 5.94. The number of hydrogen-bond donors (Lipinski definition) is 1. The molecule has 0 bridgehead atoms. The van der Waals surface area contributed by atoms with Crippen LogP contribution in [0.3, 0.4) is 0 Å². The molecule has 0 atom stereocenters. The molecule has 2 heterocycles. The van der Waals surface area contributed by atoms with Crippen LogP contribution in [0.15, 0.2) is 30.9 Å². The van der Waals surface area contributed by atoms with E-state index in [0.29, 0.717) is 15.9 Å². The van der Waals surface area contributed by atoms with Gasteiger partial charge in [-0.05, 0) is 12.1 Å². The Balaban J connectivity index is 2.21. The van der Waals surface area contributed by atoms with Crippen molar-refractivity contribution in [1.29, 1.82) is 0 Å². The molecule has 0 fully saturated rings. The number of aromatic nitrogens is 4. The van der Waals surface area contributed by atoms with Crippen LogP contribution >= 0.6 is 23.2 Å². The predicted molar refractivity (Wildman–Crippen MR) is 67.1 cm³/mol. The van der Waals surface area contributed by atoms with E-state index in [9.17, 15) is 0 Å². The Morgan fingerprint density at radius 2 is 1.71 bits per heavy atom. The van der Waals surface area contributed by atoms with E-state index in [1.807, 2.05) is 0 Å². The zero-order valence-corrected chi connectivity index (χ0v) is 10.00. The van der Waals surface area contributed by atoms with Gasteiger partial charge in [-0.1, -0.05) is 23.2 Å². The second-order valence-electron chi connectivity index (χ2n) is 3.50. The maximum absolute atomic E-state index is 5.94. The molecular weight excluding hydrogens is 259 g/mol. The topological polar surface area (TPSA) is 54.5 Å². The van der Waals surface area contributed by atoms with E-state index < -0.39 is 0 Å². The number of benzene rings is 1. The first-order valence-electron chi connectivity index (χ1n) is 4.84. The van der Waals surface area contributed by atoms with Crippen molar-refractivity contribution in [2.75, 3.05) is 0 Å². The van der Waals surface area contributed by atoms with Crippen LogP contribution in [0.1, 0.15) is 0 Å². The third-order valence-electron chi connectivity index (χ3n) is 2.36. The fourth-order valence-corrected chi connectivity index (χ4v) is 1.88. The number of H-pyrrole nitrogens is 1. The minimum atomic E-state index is 0.488. The average Bonchev–Trinajstić information content (AvgIpc) is 2.74. The van der Waals surface area contributed by atoms with Crippen molar-refractivity contribution in [2.24, 2.45) is 0 Å². The fraction of sp³-hybridized carbons (Fsp3) is 0. The van der Waals surface area contributed by atoms with E-state index in [-0.39, 0.29) is 0 Å². The molecule has 0 saturated heterocycles. The van der Waals surface area contributed by atoms with Crippen molar-refractivity contribution in [3.8, 4) is 11.4 Å². The van der Waals surface area contributed by atoms with E-state index in [2.05, 4.69) is 19.9 Å². The van der Waals surface area contributed by atoms with Gasteiger partial charge in [-0.15, -0.1) is 0 Å². The SMILES string of the molecule is Clc1cc2nc(-c3cncnc3)[nH]c2cc1Cl. The van der Waals surface area contributed by atoms with Crippen LogP contribution < -0.4 is 0 Å². The highest BCUT2D eigenvalue weighted by Crippen LogP contribution is 2.28. The van der Waals surface area contributed by atoms with Gasteiger partial charge in [0, 0.05) is 12.4 Å². The van der Waals surface area contributed by atoms with Crippen molar-refractivity contribution in [3.05, 3.63) is 40.9 Å². The fourth-order valence-electron chi connectivity index (χ4n) is 1.56. The highest BCUT2D eigenvalue weighted by atomic mass is 35.5. The number of fused-ring (bicyclic) bond motifs is 1. The summed E-state index contributed by atoms with van der Waals surface area (Å²) in [5, 5.41) is 0.986. The monoisotopic (exact) mass is 264 g/mol. The van der Waals surface area contributed by atoms with E-state index in [1.165, 1.54) is 6.33 Å². The Kier molecular flexibility index (Phi) is 2.46. The molecule has 1 aromatic carbocycles. The second kappa shape index (κ2) is 3.98. The lowest BCUT2D eigenvalue weighted by Gasteiger charge is -1.93. The Morgan fingerprint density at radius 3 is 2.47 bits per heavy atom. The number of nitrogens with zero attached hydrogens (tertiary/aromatic N) is 3. The molecule has 1 N–H and O–H groups in total. The van der Waals surface area contributed by atoms with Gasteiger partial charge in [0.15, 0.2) is 0 Å². The van der Waals surface area contributed by atoms with Gasteiger partial charge in [0.05, 0.1) is 26.6 Å². The first kappa shape index (κ1) is 10.5. The molecule has 0 aliphatic carbocycles. The van der Waals surface area contributed by atoms with Crippen molar-refractivity contribution in [1.82, 2.24) is 19.9 Å². The summed E-state index contributed by atoms with van der Waals surface area (Å²) in [6.45, 7) is 0. The molecule has 0 amide bonds. The van der Waals surface area contributed by atoms with Gasteiger partial charge < -0.3 is 4.98 Å². The third-order valence-corrected chi connectivity index (χ3v) is 3.08. The molecule has 4 nitrogen and oxygen atoms in total. The molecule has 2 aromatic heterocycles. The standard InChI is InChI=1S/C11H6Cl2N4/c12-7-1-9-10(2-8(7)13)17-11(16-9)6-3-14-5-15-4-6/h1-5H,(H,16,17). The molecule has 6 heteroatoms. The van der Waals surface area contributed by atoms with Crippen molar-refractivity contribution < 1.29 is 0 Å². The number of hydrogen-bond acceptors (Lipinski definition) is 3. The number of halogens is 2. The minimum absolute atomic E-state index is 0.488. The summed E-state index contributed by atoms with van der Waals surface area (Å²) >= 11 is 11.9. The van der Waals surface area contributed by atoms with E-state index in [1.54, 1.807) is 24.5 Å². The van der Waals surface area contributed by atoms with Crippen LogP contribution in [-0.4, -0.2) is 19.9 Å². The van der Waals surface area contributed by atoms with E-state index in [0.717, 1.165) is 16.6 Å². The quantitative estimate of drug-likeness (QED) is 0.734. The summed E-state index contributed by atoms with van der Waals surface area (Å²) in [5.74, 6) is 0.693. The Morgan fingerprint density at radius 1 is 1.00 bits per heavy atom. The van der Waals surface area contributed by atoms with Crippen molar-refractivity contribution in [2.45, 2.75) is 0 Å². The van der Waals surface area contributed by atoms with Crippen LogP contribution in [0.2, 0.25) is 10.0 Å². The molecule has 3 rings (SSSR count). The molecule has 17 heavy (non-hydrogen) atoms. The van der Waals surface area contributed by atoms with Crippen molar-refractivity contribution >= 4 is 34.2 Å². The largest absolute Gasteiger partial charge is 0.338 e. The first-order chi connectivity index (χ1) is 8.24. The first-order valence-corrected chi connectivity index (χ1v) is 5.60.